The number of benzene rings is 2. The van der Waals surface area contributed by atoms with Crippen LogP contribution in [0.4, 0.5) is 10.2 Å². The molecule has 6 heterocycles. The maximum Gasteiger partial charge on any atom is 0.269 e. The van der Waals surface area contributed by atoms with Gasteiger partial charge in [0.2, 0.25) is 0 Å². The van der Waals surface area contributed by atoms with E-state index >= 15 is 0 Å². The van der Waals surface area contributed by atoms with Gasteiger partial charge < -0.3 is 9.80 Å². The Bertz CT molecular complexity index is 2160. The van der Waals surface area contributed by atoms with Crippen molar-refractivity contribution in [3.63, 3.8) is 0 Å². The molecule has 0 bridgehead atoms. The zero-order valence-electron chi connectivity index (χ0n) is 25.6. The SMILES string of the molecule is Cc1ccc(S(=O)(=O)n2ccc3c(-c4c(-c5ccc(F)cc5)nc5ccc(N6CCC(N7CCCC7)CC6)nn45)ccnc32)cc1. The van der Waals surface area contributed by atoms with Crippen LogP contribution in [0.5, 0.6) is 0 Å². The molecule has 11 heteroatoms. The first-order chi connectivity index (χ1) is 22.4. The summed E-state index contributed by atoms with van der Waals surface area (Å²) in [5, 5.41) is 5.77. The van der Waals surface area contributed by atoms with Crippen molar-refractivity contribution in [3.8, 4) is 22.5 Å². The number of aromatic nitrogens is 5. The number of piperidine rings is 1. The molecule has 0 saturated carbocycles. The van der Waals surface area contributed by atoms with Gasteiger partial charge in [0.05, 0.1) is 10.6 Å². The molecule has 0 amide bonds. The molecular formula is C35H34FN7O2S. The van der Waals surface area contributed by atoms with Crippen molar-refractivity contribution in [1.82, 2.24) is 28.5 Å². The van der Waals surface area contributed by atoms with Crippen LogP contribution in [0.15, 0.2) is 90.1 Å². The van der Waals surface area contributed by atoms with Crippen LogP contribution in [0, 0.1) is 12.7 Å². The fourth-order valence-electron chi connectivity index (χ4n) is 6.95. The summed E-state index contributed by atoms with van der Waals surface area (Å²) in [6, 6.07) is 21.3. The first-order valence-electron chi connectivity index (χ1n) is 15.8. The van der Waals surface area contributed by atoms with Crippen LogP contribution in [0.3, 0.4) is 0 Å². The Labute approximate surface area is 267 Å². The first kappa shape index (κ1) is 28.8. The Morgan fingerprint density at radius 3 is 2.33 bits per heavy atom. The molecule has 234 valence electrons. The number of hydrogen-bond acceptors (Lipinski definition) is 7. The van der Waals surface area contributed by atoms with Gasteiger partial charge in [-0.1, -0.05) is 17.7 Å². The van der Waals surface area contributed by atoms with Gasteiger partial charge in [-0.25, -0.2) is 31.3 Å². The van der Waals surface area contributed by atoms with E-state index in [9.17, 15) is 12.8 Å². The van der Waals surface area contributed by atoms with Crippen LogP contribution in [0.2, 0.25) is 0 Å². The number of pyridine rings is 1. The lowest BCUT2D eigenvalue weighted by molar-refractivity contribution is 0.207. The summed E-state index contributed by atoms with van der Waals surface area (Å²) in [7, 11) is -3.90. The van der Waals surface area contributed by atoms with E-state index in [1.165, 1.54) is 42.0 Å². The maximum atomic E-state index is 14.0. The minimum atomic E-state index is -3.90. The first-order valence-corrected chi connectivity index (χ1v) is 17.2. The number of likely N-dealkylation sites (tertiary alicyclic amines) is 1. The van der Waals surface area contributed by atoms with Crippen LogP contribution in [-0.2, 0) is 10.0 Å². The smallest absolute Gasteiger partial charge is 0.269 e. The van der Waals surface area contributed by atoms with Crippen molar-refractivity contribution >= 4 is 32.5 Å². The van der Waals surface area contributed by atoms with Crippen molar-refractivity contribution < 1.29 is 12.8 Å². The Morgan fingerprint density at radius 2 is 1.59 bits per heavy atom. The minimum Gasteiger partial charge on any atom is -0.355 e. The Kier molecular flexibility index (Phi) is 7.10. The van der Waals surface area contributed by atoms with Gasteiger partial charge in [-0.15, -0.1) is 5.10 Å². The van der Waals surface area contributed by atoms with Crippen molar-refractivity contribution in [2.75, 3.05) is 31.1 Å². The molecular weight excluding hydrogens is 601 g/mol. The van der Waals surface area contributed by atoms with Gasteiger partial charge >= 0.3 is 0 Å². The molecule has 0 spiro atoms. The molecule has 2 saturated heterocycles. The van der Waals surface area contributed by atoms with Crippen LogP contribution in [0.1, 0.15) is 31.2 Å². The van der Waals surface area contributed by atoms with Gasteiger partial charge in [0.25, 0.3) is 10.0 Å². The fourth-order valence-corrected chi connectivity index (χ4v) is 8.25. The fraction of sp³-hybridized carbons (Fsp3) is 0.286. The topological polar surface area (TPSA) is 88.6 Å². The molecule has 0 aliphatic carbocycles. The summed E-state index contributed by atoms with van der Waals surface area (Å²) in [6.45, 7) is 6.17. The summed E-state index contributed by atoms with van der Waals surface area (Å²) in [4.78, 5) is 14.6. The highest BCUT2D eigenvalue weighted by Gasteiger charge is 2.28. The highest BCUT2D eigenvalue weighted by Crippen LogP contribution is 2.37. The Balaban J connectivity index is 1.25. The monoisotopic (exact) mass is 635 g/mol. The molecule has 8 rings (SSSR count). The molecule has 2 fully saturated rings. The van der Waals surface area contributed by atoms with Crippen LogP contribution in [-0.4, -0.2) is 69.1 Å². The van der Waals surface area contributed by atoms with Gasteiger partial charge in [-0.3, -0.25) is 0 Å². The average molecular weight is 636 g/mol. The maximum absolute atomic E-state index is 14.0. The standard InChI is InChI=1S/C35H34FN7O2S/c1-24-4-10-28(11-5-24)46(44,45)42-23-17-30-29(14-18-37-35(30)42)34-33(25-6-8-26(36)9-7-25)38-31-12-13-32(39-43(31)34)41-21-15-27(16-22-41)40-19-2-3-20-40/h4-14,17-18,23,27H,2-3,15-16,19-22H2,1H3. The number of anilines is 1. The van der Waals surface area contributed by atoms with Crippen molar-refractivity contribution in [2.24, 2.45) is 0 Å². The van der Waals surface area contributed by atoms with E-state index in [1.54, 1.807) is 54.9 Å². The number of hydrogen-bond donors (Lipinski definition) is 0. The molecule has 2 aromatic carbocycles. The van der Waals surface area contributed by atoms with E-state index in [-0.39, 0.29) is 10.7 Å². The third kappa shape index (κ3) is 4.94. The zero-order chi connectivity index (χ0) is 31.4. The lowest BCUT2D eigenvalue weighted by Gasteiger charge is -2.37. The van der Waals surface area contributed by atoms with Gasteiger partial charge in [0, 0.05) is 48.0 Å². The largest absolute Gasteiger partial charge is 0.355 e. The highest BCUT2D eigenvalue weighted by molar-refractivity contribution is 7.90. The molecule has 0 unspecified atom stereocenters. The summed E-state index contributed by atoms with van der Waals surface area (Å²) in [6.07, 6.45) is 7.94. The summed E-state index contributed by atoms with van der Waals surface area (Å²) in [5.41, 5.74) is 4.69. The van der Waals surface area contributed by atoms with E-state index < -0.39 is 10.0 Å². The number of halogens is 1. The van der Waals surface area contributed by atoms with Gasteiger partial charge in [-0.2, -0.15) is 0 Å². The van der Waals surface area contributed by atoms with Gasteiger partial charge in [0.15, 0.2) is 11.3 Å². The lowest BCUT2D eigenvalue weighted by Crippen LogP contribution is -2.44. The van der Waals surface area contributed by atoms with E-state index in [0.717, 1.165) is 48.4 Å². The molecule has 4 aromatic heterocycles. The Morgan fingerprint density at radius 1 is 0.848 bits per heavy atom. The van der Waals surface area contributed by atoms with Crippen molar-refractivity contribution in [1.29, 1.82) is 0 Å². The molecule has 0 N–H and O–H groups in total. The normalized spacial score (nSPS) is 16.6. The molecule has 46 heavy (non-hydrogen) atoms. The zero-order valence-corrected chi connectivity index (χ0v) is 26.4. The number of aryl methyl sites for hydroxylation is 1. The van der Waals surface area contributed by atoms with E-state index in [1.807, 2.05) is 29.6 Å². The van der Waals surface area contributed by atoms with E-state index in [4.69, 9.17) is 10.1 Å². The van der Waals surface area contributed by atoms with Crippen molar-refractivity contribution in [3.05, 3.63) is 96.6 Å². The summed E-state index contributed by atoms with van der Waals surface area (Å²) in [5.74, 6) is 0.526. The number of fused-ring (bicyclic) bond motifs is 2. The molecule has 0 radical (unpaired) electrons. The van der Waals surface area contributed by atoms with Crippen LogP contribution >= 0.6 is 0 Å². The molecule has 2 aliphatic rings. The lowest BCUT2D eigenvalue weighted by atomic mass is 10.0. The number of rotatable bonds is 6. The molecule has 6 aromatic rings. The molecule has 9 nitrogen and oxygen atoms in total. The van der Waals surface area contributed by atoms with Crippen molar-refractivity contribution in [2.45, 2.75) is 43.5 Å². The van der Waals surface area contributed by atoms with Gasteiger partial charge in [-0.05, 0) is 106 Å². The second-order valence-electron chi connectivity index (χ2n) is 12.3. The third-order valence-corrected chi connectivity index (χ3v) is 11.1. The quantitative estimate of drug-likeness (QED) is 0.217. The predicted octanol–water partition coefficient (Wildman–Crippen LogP) is 6.16. The van der Waals surface area contributed by atoms with E-state index in [2.05, 4.69) is 14.8 Å². The van der Waals surface area contributed by atoms with Crippen LogP contribution < -0.4 is 4.90 Å². The minimum absolute atomic E-state index is 0.185. The van der Waals surface area contributed by atoms with E-state index in [0.29, 0.717) is 34.1 Å². The summed E-state index contributed by atoms with van der Waals surface area (Å²) >= 11 is 0. The average Bonchev–Trinajstić information content (AvgIpc) is 3.84. The highest BCUT2D eigenvalue weighted by atomic mass is 32.2. The Hall–Kier alpha value is -4.61. The second kappa shape index (κ2) is 11.3. The number of nitrogens with zero attached hydrogens (tertiary/aromatic N) is 7. The summed E-state index contributed by atoms with van der Waals surface area (Å²) < 4.78 is 44.5. The molecule has 0 atom stereocenters. The van der Waals surface area contributed by atoms with Gasteiger partial charge in [0.1, 0.15) is 17.3 Å². The third-order valence-electron chi connectivity index (χ3n) is 9.41. The predicted molar refractivity (Wildman–Crippen MR) is 177 cm³/mol. The second-order valence-corrected chi connectivity index (χ2v) is 14.1. The molecule has 2 aliphatic heterocycles. The van der Waals surface area contributed by atoms with Crippen LogP contribution in [0.25, 0.3) is 39.2 Å². The number of imidazole rings is 1.